The maximum absolute atomic E-state index is 5.32. The lowest BCUT2D eigenvalue weighted by Gasteiger charge is -2.31. The van der Waals surface area contributed by atoms with E-state index in [1.807, 2.05) is 7.05 Å². The molecule has 5 heteroatoms. The van der Waals surface area contributed by atoms with E-state index in [4.69, 9.17) is 5.84 Å². The third kappa shape index (κ3) is 3.68. The first-order valence-electron chi connectivity index (χ1n) is 5.56. The van der Waals surface area contributed by atoms with Gasteiger partial charge in [-0.25, -0.2) is 10.8 Å². The molecule has 0 aromatic carbocycles. The third-order valence-electron chi connectivity index (χ3n) is 3.08. The van der Waals surface area contributed by atoms with Crippen LogP contribution in [0.15, 0.2) is 4.99 Å². The van der Waals surface area contributed by atoms with Crippen molar-refractivity contribution in [1.82, 2.24) is 15.6 Å². The van der Waals surface area contributed by atoms with Crippen LogP contribution in [0, 0.1) is 0 Å². The standard InChI is InChI=1S/C10H23N5/c1-12-10(14-11)13-8-4-6-9(7-5-8)15(2)3/h8-9H,4-7,11H2,1-3H3,(H2,12,13,14)/t8-,9-. The van der Waals surface area contributed by atoms with Gasteiger partial charge >= 0.3 is 0 Å². The first-order valence-corrected chi connectivity index (χ1v) is 5.56. The molecule has 0 aromatic heterocycles. The molecule has 1 rings (SSSR count). The van der Waals surface area contributed by atoms with E-state index in [-0.39, 0.29) is 0 Å². The number of hydrogen-bond acceptors (Lipinski definition) is 3. The molecule has 0 spiro atoms. The smallest absolute Gasteiger partial charge is 0.205 e. The number of aliphatic imine (C=N–C) groups is 1. The van der Waals surface area contributed by atoms with Gasteiger partial charge in [-0.1, -0.05) is 0 Å². The molecule has 88 valence electrons. The Morgan fingerprint density at radius 1 is 1.27 bits per heavy atom. The molecule has 5 nitrogen and oxygen atoms in total. The second-order valence-corrected chi connectivity index (χ2v) is 4.30. The van der Waals surface area contributed by atoms with E-state index in [0.717, 1.165) is 18.9 Å². The fourth-order valence-electron chi connectivity index (χ4n) is 2.06. The number of hydrazine groups is 1. The fraction of sp³-hybridized carbons (Fsp3) is 0.900. The van der Waals surface area contributed by atoms with Crippen molar-refractivity contribution in [1.29, 1.82) is 0 Å². The van der Waals surface area contributed by atoms with Gasteiger partial charge < -0.3 is 10.2 Å². The van der Waals surface area contributed by atoms with Crippen LogP contribution < -0.4 is 16.6 Å². The zero-order valence-electron chi connectivity index (χ0n) is 9.95. The lowest BCUT2D eigenvalue weighted by molar-refractivity contribution is 0.217. The van der Waals surface area contributed by atoms with E-state index in [1.54, 1.807) is 0 Å². The summed E-state index contributed by atoms with van der Waals surface area (Å²) in [6.45, 7) is 0. The summed E-state index contributed by atoms with van der Waals surface area (Å²) in [5.41, 5.74) is 2.56. The Kier molecular flexibility index (Phi) is 4.84. The van der Waals surface area contributed by atoms with E-state index in [0.29, 0.717) is 12.0 Å². The van der Waals surface area contributed by atoms with Crippen LogP contribution in [0.4, 0.5) is 0 Å². The average Bonchev–Trinajstić information content (AvgIpc) is 2.26. The van der Waals surface area contributed by atoms with Crippen molar-refractivity contribution in [2.45, 2.75) is 37.8 Å². The SMILES string of the molecule is CN/C(=N\[C@H]1CC[C@H](N(C)C)CC1)NN. The summed E-state index contributed by atoms with van der Waals surface area (Å²) in [6.07, 6.45) is 4.75. The van der Waals surface area contributed by atoms with Gasteiger partial charge in [0, 0.05) is 13.1 Å². The number of nitrogens with two attached hydrogens (primary N) is 1. The van der Waals surface area contributed by atoms with E-state index >= 15 is 0 Å². The molecular weight excluding hydrogens is 190 g/mol. The van der Waals surface area contributed by atoms with Crippen LogP contribution >= 0.6 is 0 Å². The molecule has 1 fully saturated rings. The molecule has 0 amide bonds. The van der Waals surface area contributed by atoms with Crippen molar-refractivity contribution in [3.63, 3.8) is 0 Å². The highest BCUT2D eigenvalue weighted by Crippen LogP contribution is 2.23. The molecule has 4 N–H and O–H groups in total. The summed E-state index contributed by atoms with van der Waals surface area (Å²) in [5, 5.41) is 2.94. The molecule has 1 saturated carbocycles. The van der Waals surface area contributed by atoms with Gasteiger partial charge in [0.25, 0.3) is 0 Å². The van der Waals surface area contributed by atoms with Crippen molar-refractivity contribution in [3.05, 3.63) is 0 Å². The summed E-state index contributed by atoms with van der Waals surface area (Å²) >= 11 is 0. The summed E-state index contributed by atoms with van der Waals surface area (Å²) < 4.78 is 0. The van der Waals surface area contributed by atoms with Gasteiger partial charge in [0.1, 0.15) is 0 Å². The van der Waals surface area contributed by atoms with E-state index in [2.05, 4.69) is 34.7 Å². The van der Waals surface area contributed by atoms with Crippen LogP contribution in [0.1, 0.15) is 25.7 Å². The van der Waals surface area contributed by atoms with Crippen LogP contribution in [-0.4, -0.2) is 44.1 Å². The quantitative estimate of drug-likeness (QED) is 0.259. The van der Waals surface area contributed by atoms with Crippen molar-refractivity contribution in [2.75, 3.05) is 21.1 Å². The monoisotopic (exact) mass is 213 g/mol. The minimum atomic E-state index is 0.416. The van der Waals surface area contributed by atoms with E-state index in [1.165, 1.54) is 12.8 Å². The molecule has 0 atom stereocenters. The summed E-state index contributed by atoms with van der Waals surface area (Å²) in [6, 6.07) is 1.14. The van der Waals surface area contributed by atoms with Crippen LogP contribution in [-0.2, 0) is 0 Å². The van der Waals surface area contributed by atoms with Crippen LogP contribution in [0.2, 0.25) is 0 Å². The largest absolute Gasteiger partial charge is 0.358 e. The van der Waals surface area contributed by atoms with E-state index in [9.17, 15) is 0 Å². The lowest BCUT2D eigenvalue weighted by atomic mass is 9.91. The van der Waals surface area contributed by atoms with Gasteiger partial charge in [0.05, 0.1) is 6.04 Å². The summed E-state index contributed by atoms with van der Waals surface area (Å²) in [5.74, 6) is 6.01. The second-order valence-electron chi connectivity index (χ2n) is 4.30. The Bertz CT molecular complexity index is 200. The molecule has 0 heterocycles. The van der Waals surface area contributed by atoms with E-state index < -0.39 is 0 Å². The Morgan fingerprint density at radius 2 is 1.87 bits per heavy atom. The summed E-state index contributed by atoms with van der Waals surface area (Å²) in [4.78, 5) is 6.82. The molecule has 0 radical (unpaired) electrons. The average molecular weight is 213 g/mol. The molecule has 15 heavy (non-hydrogen) atoms. The van der Waals surface area contributed by atoms with Gasteiger partial charge in [-0.2, -0.15) is 0 Å². The van der Waals surface area contributed by atoms with Gasteiger partial charge in [0.2, 0.25) is 5.96 Å². The minimum Gasteiger partial charge on any atom is -0.358 e. The third-order valence-corrected chi connectivity index (χ3v) is 3.08. The topological polar surface area (TPSA) is 65.7 Å². The van der Waals surface area contributed by atoms with Crippen LogP contribution in [0.5, 0.6) is 0 Å². The highest BCUT2D eigenvalue weighted by Gasteiger charge is 2.22. The van der Waals surface area contributed by atoms with Crippen molar-refractivity contribution in [2.24, 2.45) is 10.8 Å². The number of nitrogens with zero attached hydrogens (tertiary/aromatic N) is 2. The minimum absolute atomic E-state index is 0.416. The van der Waals surface area contributed by atoms with Crippen molar-refractivity contribution >= 4 is 5.96 Å². The Hall–Kier alpha value is -0.810. The molecular formula is C10H23N5. The van der Waals surface area contributed by atoms with Crippen LogP contribution in [0.3, 0.4) is 0 Å². The maximum Gasteiger partial charge on any atom is 0.205 e. The second kappa shape index (κ2) is 5.92. The molecule has 0 aliphatic heterocycles. The number of hydrogen-bond donors (Lipinski definition) is 3. The Labute approximate surface area is 92.1 Å². The van der Waals surface area contributed by atoms with Gasteiger partial charge in [-0.15, -0.1) is 0 Å². The molecule has 0 saturated heterocycles. The van der Waals surface area contributed by atoms with Gasteiger partial charge in [-0.3, -0.25) is 5.43 Å². The Balaban J connectivity index is 2.40. The highest BCUT2D eigenvalue weighted by molar-refractivity contribution is 5.78. The van der Waals surface area contributed by atoms with Crippen LogP contribution in [0.25, 0.3) is 0 Å². The van der Waals surface area contributed by atoms with Crippen molar-refractivity contribution in [3.8, 4) is 0 Å². The van der Waals surface area contributed by atoms with Crippen molar-refractivity contribution < 1.29 is 0 Å². The molecule has 0 aromatic rings. The first kappa shape index (κ1) is 12.3. The van der Waals surface area contributed by atoms with Gasteiger partial charge in [-0.05, 0) is 39.8 Å². The molecule has 1 aliphatic carbocycles. The Morgan fingerprint density at radius 3 is 2.27 bits per heavy atom. The highest BCUT2D eigenvalue weighted by atomic mass is 15.3. The predicted molar refractivity (Wildman–Crippen MR) is 63.5 cm³/mol. The van der Waals surface area contributed by atoms with Gasteiger partial charge in [0.15, 0.2) is 0 Å². The normalized spacial score (nSPS) is 27.9. The predicted octanol–water partition coefficient (Wildman–Crippen LogP) is -0.102. The molecule has 0 unspecified atom stereocenters. The zero-order valence-corrected chi connectivity index (χ0v) is 9.95. The lowest BCUT2D eigenvalue weighted by Crippen LogP contribution is -2.41. The molecule has 1 aliphatic rings. The fourth-order valence-corrected chi connectivity index (χ4v) is 2.06. The number of nitrogens with one attached hydrogen (secondary N) is 2. The first-order chi connectivity index (χ1) is 7.17. The number of rotatable bonds is 2. The number of guanidine groups is 1. The molecule has 0 bridgehead atoms. The summed E-state index contributed by atoms with van der Waals surface area (Å²) in [7, 11) is 6.12. The zero-order chi connectivity index (χ0) is 11.3. The maximum atomic E-state index is 5.32.